The summed E-state index contributed by atoms with van der Waals surface area (Å²) in [7, 11) is 1.69. The molecular formula is C16H18N6O3. The van der Waals surface area contributed by atoms with Crippen molar-refractivity contribution in [2.24, 2.45) is 0 Å². The first-order valence-corrected chi connectivity index (χ1v) is 8.05. The average Bonchev–Trinajstić information content (AvgIpc) is 3.30. The molecule has 0 aromatic carbocycles. The number of hydrogen-bond donors (Lipinski definition) is 1. The number of methoxy groups -OCH3 is 1. The van der Waals surface area contributed by atoms with E-state index in [1.165, 1.54) is 4.52 Å². The summed E-state index contributed by atoms with van der Waals surface area (Å²) in [6.45, 7) is 1.27. The number of rotatable bonds is 3. The standard InChI is InChI=1S/C16H18N6O3/c1-24-10-4-6-21(7-5-10)15(23)11-9-13-19-14(12-3-2-8-25-12)20-22(13)16(17)18-11/h2-3,8-10H,4-7H2,1H3,(H2,17,18). The number of ether oxygens (including phenoxy) is 1. The van der Waals surface area contributed by atoms with Gasteiger partial charge in [-0.2, -0.15) is 4.52 Å². The Labute approximate surface area is 143 Å². The van der Waals surface area contributed by atoms with E-state index in [1.54, 1.807) is 36.5 Å². The first kappa shape index (κ1) is 15.6. The fraction of sp³-hybridized carbons (Fsp3) is 0.375. The molecule has 0 atom stereocenters. The molecule has 2 N–H and O–H groups in total. The van der Waals surface area contributed by atoms with Crippen molar-refractivity contribution in [2.75, 3.05) is 25.9 Å². The van der Waals surface area contributed by atoms with Crippen LogP contribution in [0.3, 0.4) is 0 Å². The third-order valence-electron chi connectivity index (χ3n) is 4.37. The third-order valence-corrected chi connectivity index (χ3v) is 4.37. The second-order valence-corrected chi connectivity index (χ2v) is 5.91. The minimum Gasteiger partial charge on any atom is -0.461 e. The summed E-state index contributed by atoms with van der Waals surface area (Å²) >= 11 is 0. The van der Waals surface area contributed by atoms with Gasteiger partial charge >= 0.3 is 0 Å². The highest BCUT2D eigenvalue weighted by Crippen LogP contribution is 2.20. The van der Waals surface area contributed by atoms with Crippen molar-refractivity contribution < 1.29 is 13.9 Å². The van der Waals surface area contributed by atoms with Crippen molar-refractivity contribution in [1.82, 2.24) is 24.5 Å². The highest BCUT2D eigenvalue weighted by molar-refractivity contribution is 5.93. The van der Waals surface area contributed by atoms with Crippen molar-refractivity contribution in [2.45, 2.75) is 18.9 Å². The summed E-state index contributed by atoms with van der Waals surface area (Å²) in [6.07, 6.45) is 3.37. The smallest absolute Gasteiger partial charge is 0.272 e. The van der Waals surface area contributed by atoms with E-state index in [0.29, 0.717) is 30.3 Å². The molecule has 0 spiro atoms. The van der Waals surface area contributed by atoms with Crippen LogP contribution < -0.4 is 5.73 Å². The third kappa shape index (κ3) is 2.82. The molecule has 0 aliphatic carbocycles. The monoisotopic (exact) mass is 342 g/mol. The Hall–Kier alpha value is -2.94. The Kier molecular flexibility index (Phi) is 3.85. The molecule has 0 unspecified atom stereocenters. The number of likely N-dealkylation sites (tertiary alicyclic amines) is 1. The van der Waals surface area contributed by atoms with Crippen LogP contribution in [0.25, 0.3) is 17.2 Å². The van der Waals surface area contributed by atoms with Gasteiger partial charge in [-0.15, -0.1) is 5.10 Å². The number of carbonyl (C=O) groups is 1. The fourth-order valence-electron chi connectivity index (χ4n) is 2.99. The molecule has 0 saturated carbocycles. The van der Waals surface area contributed by atoms with Crippen LogP contribution in [0.2, 0.25) is 0 Å². The summed E-state index contributed by atoms with van der Waals surface area (Å²) in [4.78, 5) is 23.1. The first-order valence-electron chi connectivity index (χ1n) is 8.05. The van der Waals surface area contributed by atoms with Crippen LogP contribution in [-0.2, 0) is 4.74 Å². The van der Waals surface area contributed by atoms with Gasteiger partial charge in [-0.1, -0.05) is 0 Å². The molecule has 9 nitrogen and oxygen atoms in total. The van der Waals surface area contributed by atoms with E-state index in [9.17, 15) is 4.79 Å². The topological polar surface area (TPSA) is 112 Å². The van der Waals surface area contributed by atoms with Crippen molar-refractivity contribution in [3.8, 4) is 11.6 Å². The Morgan fingerprint density at radius 1 is 1.36 bits per heavy atom. The number of nitrogens with zero attached hydrogens (tertiary/aromatic N) is 5. The SMILES string of the molecule is COC1CCN(C(=O)c2cc3nc(-c4ccco4)nn3c(N)n2)CC1. The number of nitrogen functional groups attached to an aromatic ring is 1. The first-order chi connectivity index (χ1) is 12.2. The van der Waals surface area contributed by atoms with Gasteiger partial charge in [0.05, 0.1) is 12.4 Å². The molecule has 1 amide bonds. The second-order valence-electron chi connectivity index (χ2n) is 5.91. The number of carbonyl (C=O) groups excluding carboxylic acids is 1. The van der Waals surface area contributed by atoms with Crippen molar-refractivity contribution in [1.29, 1.82) is 0 Å². The van der Waals surface area contributed by atoms with E-state index in [-0.39, 0.29) is 23.7 Å². The predicted octanol–water partition coefficient (Wildman–Crippen LogP) is 1.22. The largest absolute Gasteiger partial charge is 0.461 e. The number of furan rings is 1. The van der Waals surface area contributed by atoms with Gasteiger partial charge in [-0.3, -0.25) is 4.79 Å². The lowest BCUT2D eigenvalue weighted by Gasteiger charge is -2.31. The Morgan fingerprint density at radius 3 is 2.84 bits per heavy atom. The lowest BCUT2D eigenvalue weighted by molar-refractivity contribution is 0.0347. The molecule has 0 radical (unpaired) electrons. The molecule has 1 aliphatic heterocycles. The molecule has 0 bridgehead atoms. The molecule has 130 valence electrons. The summed E-state index contributed by atoms with van der Waals surface area (Å²) in [5, 5.41) is 4.27. The molecule has 4 rings (SSSR count). The van der Waals surface area contributed by atoms with Gasteiger partial charge in [0.2, 0.25) is 11.8 Å². The Morgan fingerprint density at radius 2 is 2.16 bits per heavy atom. The van der Waals surface area contributed by atoms with Crippen molar-refractivity contribution in [3.63, 3.8) is 0 Å². The molecule has 25 heavy (non-hydrogen) atoms. The normalized spacial score (nSPS) is 15.8. The minimum absolute atomic E-state index is 0.109. The number of fused-ring (bicyclic) bond motifs is 1. The van der Waals surface area contributed by atoms with Gasteiger partial charge in [0.15, 0.2) is 11.4 Å². The summed E-state index contributed by atoms with van der Waals surface area (Å²) < 4.78 is 12.0. The minimum atomic E-state index is -0.161. The maximum atomic E-state index is 12.7. The highest BCUT2D eigenvalue weighted by Gasteiger charge is 2.25. The van der Waals surface area contributed by atoms with E-state index < -0.39 is 0 Å². The molecule has 1 saturated heterocycles. The van der Waals surface area contributed by atoms with Crippen LogP contribution in [0, 0.1) is 0 Å². The molecule has 3 aromatic rings. The fourth-order valence-corrected chi connectivity index (χ4v) is 2.99. The average molecular weight is 342 g/mol. The zero-order valence-electron chi connectivity index (χ0n) is 13.8. The highest BCUT2D eigenvalue weighted by atomic mass is 16.5. The van der Waals surface area contributed by atoms with Gasteiger partial charge in [-0.25, -0.2) is 9.97 Å². The number of anilines is 1. The molecule has 1 fully saturated rings. The van der Waals surface area contributed by atoms with Gasteiger partial charge in [0, 0.05) is 26.3 Å². The van der Waals surface area contributed by atoms with Crippen LogP contribution in [0.1, 0.15) is 23.3 Å². The summed E-state index contributed by atoms with van der Waals surface area (Å²) in [5.74, 6) is 0.867. The Balaban J connectivity index is 1.63. The zero-order valence-corrected chi connectivity index (χ0v) is 13.8. The van der Waals surface area contributed by atoms with Crippen LogP contribution >= 0.6 is 0 Å². The van der Waals surface area contributed by atoms with E-state index in [4.69, 9.17) is 14.9 Å². The van der Waals surface area contributed by atoms with E-state index in [0.717, 1.165) is 12.8 Å². The van der Waals surface area contributed by atoms with Gasteiger partial charge in [-0.05, 0) is 25.0 Å². The van der Waals surface area contributed by atoms with Crippen molar-refractivity contribution in [3.05, 3.63) is 30.2 Å². The molecule has 9 heteroatoms. The summed E-state index contributed by atoms with van der Waals surface area (Å²) in [5.41, 5.74) is 6.68. The molecule has 3 aromatic heterocycles. The second kappa shape index (κ2) is 6.17. The quantitative estimate of drug-likeness (QED) is 0.761. The van der Waals surface area contributed by atoms with Gasteiger partial charge in [0.25, 0.3) is 5.91 Å². The van der Waals surface area contributed by atoms with Gasteiger partial charge < -0.3 is 19.8 Å². The number of hydrogen-bond acceptors (Lipinski definition) is 7. The molecular weight excluding hydrogens is 324 g/mol. The maximum absolute atomic E-state index is 12.7. The van der Waals surface area contributed by atoms with Crippen LogP contribution in [0.5, 0.6) is 0 Å². The number of piperidine rings is 1. The molecule has 4 heterocycles. The maximum Gasteiger partial charge on any atom is 0.272 e. The Bertz CT molecular complexity index is 896. The van der Waals surface area contributed by atoms with Crippen LogP contribution in [0.4, 0.5) is 5.95 Å². The van der Waals surface area contributed by atoms with E-state index in [2.05, 4.69) is 15.1 Å². The summed E-state index contributed by atoms with van der Waals surface area (Å²) in [6, 6.07) is 5.10. The number of amides is 1. The van der Waals surface area contributed by atoms with Crippen LogP contribution in [0.15, 0.2) is 28.9 Å². The lowest BCUT2D eigenvalue weighted by atomic mass is 10.1. The lowest BCUT2D eigenvalue weighted by Crippen LogP contribution is -2.41. The van der Waals surface area contributed by atoms with Crippen LogP contribution in [-0.4, -0.2) is 56.7 Å². The van der Waals surface area contributed by atoms with Gasteiger partial charge in [0.1, 0.15) is 5.69 Å². The van der Waals surface area contributed by atoms with Crippen molar-refractivity contribution >= 4 is 17.5 Å². The zero-order chi connectivity index (χ0) is 17.4. The predicted molar refractivity (Wildman–Crippen MR) is 88.8 cm³/mol. The number of nitrogens with two attached hydrogens (primary N) is 1. The number of aromatic nitrogens is 4. The molecule has 1 aliphatic rings. The van der Waals surface area contributed by atoms with E-state index in [1.807, 2.05) is 0 Å². The van der Waals surface area contributed by atoms with E-state index >= 15 is 0 Å².